The van der Waals surface area contributed by atoms with Crippen molar-refractivity contribution in [1.29, 1.82) is 0 Å². The molecule has 0 aliphatic rings. The zero-order valence-electron chi connectivity index (χ0n) is 10.0. The molecule has 0 spiro atoms. The standard InChI is InChI=1S/C12H24BrNO/c1-3-4-5-6-7-8-12(15)14-10-9-11(2)13/h11H,3-10H2,1-2H3,(H,14,15). The first-order valence-corrected chi connectivity index (χ1v) is 6.99. The van der Waals surface area contributed by atoms with Crippen molar-refractivity contribution in [2.24, 2.45) is 0 Å². The van der Waals surface area contributed by atoms with Crippen LogP contribution < -0.4 is 5.32 Å². The van der Waals surface area contributed by atoms with Gasteiger partial charge >= 0.3 is 0 Å². The fourth-order valence-corrected chi connectivity index (χ4v) is 1.62. The quantitative estimate of drug-likeness (QED) is 0.506. The number of nitrogens with one attached hydrogen (secondary N) is 1. The summed E-state index contributed by atoms with van der Waals surface area (Å²) in [6.45, 7) is 5.09. The number of alkyl halides is 1. The predicted octanol–water partition coefficient (Wildman–Crippen LogP) is 3.64. The number of unbranched alkanes of at least 4 members (excludes halogenated alkanes) is 4. The Labute approximate surface area is 102 Å². The number of carbonyl (C=O) groups is 1. The average molecular weight is 278 g/mol. The second-order valence-electron chi connectivity index (χ2n) is 4.08. The van der Waals surface area contributed by atoms with E-state index < -0.39 is 0 Å². The van der Waals surface area contributed by atoms with Crippen LogP contribution in [0.25, 0.3) is 0 Å². The van der Waals surface area contributed by atoms with Crippen molar-refractivity contribution in [3.8, 4) is 0 Å². The van der Waals surface area contributed by atoms with Gasteiger partial charge < -0.3 is 5.32 Å². The Balaban J connectivity index is 3.19. The summed E-state index contributed by atoms with van der Waals surface area (Å²) in [7, 11) is 0. The maximum atomic E-state index is 11.3. The molecule has 3 heteroatoms. The highest BCUT2D eigenvalue weighted by Gasteiger charge is 2.01. The Bertz CT molecular complexity index is 160. The molecule has 0 fully saturated rings. The van der Waals surface area contributed by atoms with Crippen molar-refractivity contribution in [3.05, 3.63) is 0 Å². The van der Waals surface area contributed by atoms with Gasteiger partial charge in [0.25, 0.3) is 0 Å². The van der Waals surface area contributed by atoms with Gasteiger partial charge in [-0.2, -0.15) is 0 Å². The van der Waals surface area contributed by atoms with Gasteiger partial charge in [-0.25, -0.2) is 0 Å². The van der Waals surface area contributed by atoms with E-state index in [0.29, 0.717) is 11.2 Å². The molecule has 0 heterocycles. The maximum Gasteiger partial charge on any atom is 0.219 e. The van der Waals surface area contributed by atoms with Gasteiger partial charge in [0.2, 0.25) is 5.91 Å². The number of hydrogen-bond donors (Lipinski definition) is 1. The van der Waals surface area contributed by atoms with Crippen LogP contribution in [-0.2, 0) is 4.79 Å². The normalized spacial score (nSPS) is 12.5. The van der Waals surface area contributed by atoms with Gasteiger partial charge in [0.15, 0.2) is 0 Å². The summed E-state index contributed by atoms with van der Waals surface area (Å²) in [5, 5.41) is 2.94. The van der Waals surface area contributed by atoms with E-state index in [9.17, 15) is 4.79 Å². The largest absolute Gasteiger partial charge is 0.356 e. The zero-order chi connectivity index (χ0) is 11.5. The third-order valence-electron chi connectivity index (χ3n) is 2.37. The van der Waals surface area contributed by atoms with Crippen molar-refractivity contribution >= 4 is 21.8 Å². The third-order valence-corrected chi connectivity index (χ3v) is 2.83. The molecule has 2 nitrogen and oxygen atoms in total. The summed E-state index contributed by atoms with van der Waals surface area (Å²) in [5.41, 5.74) is 0. The van der Waals surface area contributed by atoms with E-state index in [4.69, 9.17) is 0 Å². The van der Waals surface area contributed by atoms with E-state index in [-0.39, 0.29) is 5.91 Å². The van der Waals surface area contributed by atoms with Crippen LogP contribution in [0.5, 0.6) is 0 Å². The fraction of sp³-hybridized carbons (Fsp3) is 0.917. The Morgan fingerprint density at radius 1 is 1.27 bits per heavy atom. The fourth-order valence-electron chi connectivity index (χ4n) is 1.39. The van der Waals surface area contributed by atoms with Gasteiger partial charge in [0.05, 0.1) is 0 Å². The molecule has 0 aromatic carbocycles. The number of rotatable bonds is 9. The molecule has 0 bridgehead atoms. The molecule has 1 atom stereocenters. The van der Waals surface area contributed by atoms with E-state index in [2.05, 4.69) is 35.1 Å². The summed E-state index contributed by atoms with van der Waals surface area (Å²) < 4.78 is 0. The average Bonchev–Trinajstić information content (AvgIpc) is 2.17. The van der Waals surface area contributed by atoms with Crippen molar-refractivity contribution in [1.82, 2.24) is 5.32 Å². The smallest absolute Gasteiger partial charge is 0.219 e. The van der Waals surface area contributed by atoms with Gasteiger partial charge in [-0.05, 0) is 12.8 Å². The van der Waals surface area contributed by atoms with Gasteiger partial charge in [-0.15, -0.1) is 0 Å². The minimum atomic E-state index is 0.208. The van der Waals surface area contributed by atoms with E-state index >= 15 is 0 Å². The molecule has 90 valence electrons. The highest BCUT2D eigenvalue weighted by Crippen LogP contribution is 2.05. The Kier molecular flexibility index (Phi) is 10.4. The highest BCUT2D eigenvalue weighted by molar-refractivity contribution is 9.09. The summed E-state index contributed by atoms with van der Waals surface area (Å²) in [5.74, 6) is 0.208. The van der Waals surface area contributed by atoms with Crippen LogP contribution in [0.2, 0.25) is 0 Å². The van der Waals surface area contributed by atoms with Gasteiger partial charge in [-0.3, -0.25) is 4.79 Å². The Hall–Kier alpha value is -0.0500. The molecule has 0 aliphatic carbocycles. The van der Waals surface area contributed by atoms with E-state index in [1.165, 1.54) is 25.7 Å². The molecule has 0 saturated carbocycles. The maximum absolute atomic E-state index is 11.3. The monoisotopic (exact) mass is 277 g/mol. The molecular formula is C12H24BrNO. The minimum absolute atomic E-state index is 0.208. The molecule has 0 aliphatic heterocycles. The Morgan fingerprint density at radius 2 is 1.93 bits per heavy atom. The third kappa shape index (κ3) is 11.9. The summed E-state index contributed by atoms with van der Waals surface area (Å²) in [4.78, 5) is 11.8. The van der Waals surface area contributed by atoms with E-state index in [1.54, 1.807) is 0 Å². The van der Waals surface area contributed by atoms with Crippen molar-refractivity contribution in [3.63, 3.8) is 0 Å². The molecule has 0 radical (unpaired) electrons. The molecular weight excluding hydrogens is 254 g/mol. The minimum Gasteiger partial charge on any atom is -0.356 e. The molecule has 0 rings (SSSR count). The lowest BCUT2D eigenvalue weighted by Gasteiger charge is -2.06. The van der Waals surface area contributed by atoms with Crippen LogP contribution in [0.15, 0.2) is 0 Å². The lowest BCUT2D eigenvalue weighted by Crippen LogP contribution is -2.25. The van der Waals surface area contributed by atoms with Crippen LogP contribution in [0.1, 0.15) is 58.8 Å². The highest BCUT2D eigenvalue weighted by atomic mass is 79.9. The van der Waals surface area contributed by atoms with Gasteiger partial charge in [-0.1, -0.05) is 55.5 Å². The van der Waals surface area contributed by atoms with Crippen LogP contribution in [0.4, 0.5) is 0 Å². The molecule has 0 saturated heterocycles. The lowest BCUT2D eigenvalue weighted by atomic mass is 10.1. The molecule has 0 aromatic rings. The van der Waals surface area contributed by atoms with Crippen LogP contribution in [0.3, 0.4) is 0 Å². The number of hydrogen-bond acceptors (Lipinski definition) is 1. The molecule has 1 N–H and O–H groups in total. The number of amides is 1. The van der Waals surface area contributed by atoms with E-state index in [1.807, 2.05) is 0 Å². The summed E-state index contributed by atoms with van der Waals surface area (Å²) in [6, 6.07) is 0. The summed E-state index contributed by atoms with van der Waals surface area (Å²) in [6.07, 6.45) is 7.74. The number of carbonyl (C=O) groups excluding carboxylic acids is 1. The second kappa shape index (κ2) is 10.5. The SMILES string of the molecule is CCCCCCCC(=O)NCCC(C)Br. The number of halogens is 1. The zero-order valence-corrected chi connectivity index (χ0v) is 11.6. The first kappa shape index (κ1) is 14.9. The second-order valence-corrected chi connectivity index (χ2v) is 5.65. The molecule has 0 aromatic heterocycles. The first-order valence-electron chi connectivity index (χ1n) is 6.07. The van der Waals surface area contributed by atoms with Gasteiger partial charge in [0.1, 0.15) is 0 Å². The molecule has 1 amide bonds. The van der Waals surface area contributed by atoms with E-state index in [0.717, 1.165) is 19.4 Å². The first-order chi connectivity index (χ1) is 7.16. The van der Waals surface area contributed by atoms with Crippen molar-refractivity contribution in [2.45, 2.75) is 63.6 Å². The van der Waals surface area contributed by atoms with Crippen LogP contribution in [0, 0.1) is 0 Å². The van der Waals surface area contributed by atoms with Crippen LogP contribution >= 0.6 is 15.9 Å². The van der Waals surface area contributed by atoms with Crippen molar-refractivity contribution in [2.75, 3.05) is 6.54 Å². The van der Waals surface area contributed by atoms with Crippen molar-refractivity contribution < 1.29 is 4.79 Å². The molecule has 15 heavy (non-hydrogen) atoms. The summed E-state index contributed by atoms with van der Waals surface area (Å²) >= 11 is 3.45. The topological polar surface area (TPSA) is 29.1 Å². The van der Waals surface area contributed by atoms with Gasteiger partial charge in [0, 0.05) is 17.8 Å². The lowest BCUT2D eigenvalue weighted by molar-refractivity contribution is -0.121. The molecule has 1 unspecified atom stereocenters. The van der Waals surface area contributed by atoms with Crippen LogP contribution in [-0.4, -0.2) is 17.3 Å². The predicted molar refractivity (Wildman–Crippen MR) is 69.4 cm³/mol. The Morgan fingerprint density at radius 3 is 2.53 bits per heavy atom.